The molecule has 3 amide bonds. The lowest BCUT2D eigenvalue weighted by molar-refractivity contribution is -0.116. The largest absolute Gasteiger partial charge is 0.385 e. The van der Waals surface area contributed by atoms with Gasteiger partial charge in [-0.15, -0.1) is 0 Å². The number of benzene rings is 3. The van der Waals surface area contributed by atoms with Crippen LogP contribution in [0.4, 0.5) is 20.7 Å². The summed E-state index contributed by atoms with van der Waals surface area (Å²) in [6.45, 7) is 0.366. The molecule has 202 valence electrons. The maximum Gasteiger partial charge on any atom is 0.322 e. The van der Waals surface area contributed by atoms with E-state index in [2.05, 4.69) is 15.7 Å². The maximum absolute atomic E-state index is 13.6. The number of aromatic nitrogens is 2. The van der Waals surface area contributed by atoms with Crippen molar-refractivity contribution in [2.75, 3.05) is 37.4 Å². The molecule has 1 heterocycles. The topological polar surface area (TPSA) is 88.5 Å². The van der Waals surface area contributed by atoms with Gasteiger partial charge in [0.25, 0.3) is 0 Å². The Morgan fingerprint density at radius 3 is 2.33 bits per heavy atom. The van der Waals surface area contributed by atoms with Crippen LogP contribution in [-0.2, 0) is 9.53 Å². The van der Waals surface area contributed by atoms with Gasteiger partial charge in [0.1, 0.15) is 18.2 Å². The maximum atomic E-state index is 13.6. The lowest BCUT2D eigenvalue weighted by Crippen LogP contribution is -2.41. The molecule has 11 heteroatoms. The molecule has 0 spiro atoms. The van der Waals surface area contributed by atoms with Gasteiger partial charge in [-0.3, -0.25) is 4.79 Å². The molecule has 0 radical (unpaired) electrons. The highest BCUT2D eigenvalue weighted by atomic mass is 35.5. The van der Waals surface area contributed by atoms with E-state index in [1.54, 1.807) is 43.5 Å². The zero-order chi connectivity index (χ0) is 27.8. The summed E-state index contributed by atoms with van der Waals surface area (Å²) in [7, 11) is 1.56. The molecule has 2 N–H and O–H groups in total. The number of amides is 3. The van der Waals surface area contributed by atoms with Crippen LogP contribution in [0.5, 0.6) is 0 Å². The second kappa shape index (κ2) is 13.2. The van der Waals surface area contributed by atoms with Gasteiger partial charge in [0.05, 0.1) is 27.1 Å². The van der Waals surface area contributed by atoms with E-state index in [4.69, 9.17) is 27.9 Å². The molecule has 0 fully saturated rings. The van der Waals surface area contributed by atoms with Crippen molar-refractivity contribution in [1.29, 1.82) is 0 Å². The van der Waals surface area contributed by atoms with Crippen LogP contribution in [0.25, 0.3) is 16.9 Å². The summed E-state index contributed by atoms with van der Waals surface area (Å²) in [5.74, 6) is -0.497. The standard InChI is InChI=1S/C28H26Cl2FN5O3/c1-39-16-6-15-35(28(38)33-27-22(29)9-5-10-23(27)30)18-26(37)32-25-17-24(19-7-3-2-4-8-19)34-36(25)21-13-11-20(31)12-14-21/h2-5,7-14,17H,6,15-16,18H2,1H3,(H,32,37)(H,33,38). The number of rotatable bonds is 10. The number of carbonyl (C=O) groups is 2. The molecule has 0 saturated heterocycles. The summed E-state index contributed by atoms with van der Waals surface area (Å²) >= 11 is 12.4. The van der Waals surface area contributed by atoms with Crippen molar-refractivity contribution >= 4 is 46.6 Å². The fraction of sp³-hybridized carbons (Fsp3) is 0.179. The molecule has 4 rings (SSSR count). The first-order chi connectivity index (χ1) is 18.9. The van der Waals surface area contributed by atoms with Crippen molar-refractivity contribution in [3.63, 3.8) is 0 Å². The molecular weight excluding hydrogens is 544 g/mol. The molecule has 4 aromatic rings. The number of para-hydroxylation sites is 1. The Bertz CT molecular complexity index is 1410. The summed E-state index contributed by atoms with van der Waals surface area (Å²) in [6.07, 6.45) is 0.499. The normalized spacial score (nSPS) is 10.8. The Morgan fingerprint density at radius 2 is 1.67 bits per heavy atom. The van der Waals surface area contributed by atoms with Crippen LogP contribution in [0.3, 0.4) is 0 Å². The molecule has 39 heavy (non-hydrogen) atoms. The van der Waals surface area contributed by atoms with E-state index >= 15 is 0 Å². The number of anilines is 2. The molecule has 0 aliphatic carbocycles. The van der Waals surface area contributed by atoms with Gasteiger partial charge in [-0.25, -0.2) is 13.9 Å². The number of nitrogens with zero attached hydrogens (tertiary/aromatic N) is 3. The van der Waals surface area contributed by atoms with Gasteiger partial charge in [-0.05, 0) is 42.8 Å². The van der Waals surface area contributed by atoms with Crippen molar-refractivity contribution in [2.45, 2.75) is 6.42 Å². The van der Waals surface area contributed by atoms with Crippen molar-refractivity contribution in [3.8, 4) is 16.9 Å². The number of methoxy groups -OCH3 is 1. The summed E-state index contributed by atoms with van der Waals surface area (Å²) in [5.41, 5.74) is 2.26. The second-order valence-corrected chi connectivity index (χ2v) is 9.33. The highest BCUT2D eigenvalue weighted by molar-refractivity contribution is 6.39. The fourth-order valence-electron chi connectivity index (χ4n) is 3.81. The summed E-state index contributed by atoms with van der Waals surface area (Å²) in [6, 6.07) is 21.2. The molecule has 0 bridgehead atoms. The summed E-state index contributed by atoms with van der Waals surface area (Å²) in [4.78, 5) is 27.7. The zero-order valence-corrected chi connectivity index (χ0v) is 22.5. The average Bonchev–Trinajstić information content (AvgIpc) is 3.34. The first kappa shape index (κ1) is 28.1. The molecule has 8 nitrogen and oxygen atoms in total. The highest BCUT2D eigenvalue weighted by Crippen LogP contribution is 2.30. The third-order valence-corrected chi connectivity index (χ3v) is 6.34. The van der Waals surface area contributed by atoms with Crippen LogP contribution < -0.4 is 10.6 Å². The van der Waals surface area contributed by atoms with Crippen molar-refractivity contribution in [3.05, 3.63) is 94.7 Å². The smallest absolute Gasteiger partial charge is 0.322 e. The van der Waals surface area contributed by atoms with Gasteiger partial charge >= 0.3 is 6.03 Å². The zero-order valence-electron chi connectivity index (χ0n) is 21.0. The van der Waals surface area contributed by atoms with E-state index in [9.17, 15) is 14.0 Å². The van der Waals surface area contributed by atoms with E-state index < -0.39 is 17.8 Å². The van der Waals surface area contributed by atoms with Crippen LogP contribution in [0.15, 0.2) is 78.9 Å². The van der Waals surface area contributed by atoms with Crippen LogP contribution in [0.1, 0.15) is 6.42 Å². The van der Waals surface area contributed by atoms with Crippen molar-refractivity contribution < 1.29 is 18.7 Å². The number of urea groups is 1. The van der Waals surface area contributed by atoms with Gasteiger partial charge in [-0.2, -0.15) is 5.10 Å². The quantitative estimate of drug-likeness (QED) is 0.213. The van der Waals surface area contributed by atoms with Gasteiger partial charge in [0.2, 0.25) is 5.91 Å². The van der Waals surface area contributed by atoms with E-state index in [-0.39, 0.29) is 28.8 Å². The highest BCUT2D eigenvalue weighted by Gasteiger charge is 2.21. The predicted octanol–water partition coefficient (Wildman–Crippen LogP) is 6.49. The third kappa shape index (κ3) is 7.35. The van der Waals surface area contributed by atoms with Gasteiger partial charge in [0, 0.05) is 31.9 Å². The Morgan fingerprint density at radius 1 is 0.974 bits per heavy atom. The van der Waals surface area contributed by atoms with Gasteiger partial charge < -0.3 is 20.3 Å². The number of hydrogen-bond acceptors (Lipinski definition) is 4. The minimum absolute atomic E-state index is 0.238. The molecule has 0 saturated carbocycles. The second-order valence-electron chi connectivity index (χ2n) is 8.51. The number of hydrogen-bond donors (Lipinski definition) is 2. The molecule has 0 unspecified atom stereocenters. The molecule has 0 atom stereocenters. The Balaban J connectivity index is 1.57. The first-order valence-electron chi connectivity index (χ1n) is 12.1. The van der Waals surface area contributed by atoms with E-state index in [1.807, 2.05) is 30.3 Å². The predicted molar refractivity (Wildman–Crippen MR) is 151 cm³/mol. The average molecular weight is 570 g/mol. The van der Waals surface area contributed by atoms with E-state index in [0.29, 0.717) is 30.2 Å². The van der Waals surface area contributed by atoms with Crippen LogP contribution in [0, 0.1) is 5.82 Å². The minimum atomic E-state index is -0.548. The number of carbonyl (C=O) groups excluding carboxylic acids is 2. The van der Waals surface area contributed by atoms with E-state index in [0.717, 1.165) is 5.56 Å². The summed E-state index contributed by atoms with van der Waals surface area (Å²) < 4.78 is 20.2. The van der Waals surface area contributed by atoms with Gasteiger partial charge in [-0.1, -0.05) is 59.6 Å². The Kier molecular flexibility index (Phi) is 9.54. The Hall–Kier alpha value is -3.92. The van der Waals surface area contributed by atoms with Crippen LogP contribution >= 0.6 is 23.2 Å². The third-order valence-electron chi connectivity index (χ3n) is 5.71. The lowest BCUT2D eigenvalue weighted by Gasteiger charge is -2.23. The number of halogens is 3. The summed E-state index contributed by atoms with van der Waals surface area (Å²) in [5, 5.41) is 10.7. The monoisotopic (exact) mass is 569 g/mol. The number of ether oxygens (including phenoxy) is 1. The molecule has 0 aliphatic rings. The lowest BCUT2D eigenvalue weighted by atomic mass is 10.1. The van der Waals surface area contributed by atoms with Crippen LogP contribution in [-0.4, -0.2) is 53.4 Å². The van der Waals surface area contributed by atoms with Gasteiger partial charge in [0.15, 0.2) is 0 Å². The van der Waals surface area contributed by atoms with Crippen molar-refractivity contribution in [2.24, 2.45) is 0 Å². The molecule has 3 aromatic carbocycles. The minimum Gasteiger partial charge on any atom is -0.385 e. The SMILES string of the molecule is COCCCN(CC(=O)Nc1cc(-c2ccccc2)nn1-c1ccc(F)cc1)C(=O)Nc1c(Cl)cccc1Cl. The molecule has 1 aromatic heterocycles. The van der Waals surface area contributed by atoms with Crippen molar-refractivity contribution in [1.82, 2.24) is 14.7 Å². The van der Waals surface area contributed by atoms with E-state index in [1.165, 1.54) is 21.7 Å². The molecule has 0 aliphatic heterocycles. The fourth-order valence-corrected chi connectivity index (χ4v) is 4.30. The van der Waals surface area contributed by atoms with Crippen LogP contribution in [0.2, 0.25) is 10.0 Å². The first-order valence-corrected chi connectivity index (χ1v) is 12.8. The number of nitrogens with one attached hydrogen (secondary N) is 2. The Labute approximate surface area is 235 Å². The molecular formula is C28H26Cl2FN5O3.